The Morgan fingerprint density at radius 1 is 1.14 bits per heavy atom. The maximum absolute atomic E-state index is 12.5. The highest BCUT2D eigenvalue weighted by Crippen LogP contribution is 2.37. The summed E-state index contributed by atoms with van der Waals surface area (Å²) in [5.41, 5.74) is 3.76. The standard InChI is InChI=1S/C16H21N3O2S/c1-11-7-9-13(10-8-11)22(20,21)17-14-15(18(3)4)12(2)16(14)19(5)6/h7-10H,2H2,1,3-6H3. The summed E-state index contributed by atoms with van der Waals surface area (Å²) in [6.07, 6.45) is 0. The van der Waals surface area contributed by atoms with Crippen molar-refractivity contribution in [3.8, 4) is 0 Å². The fraction of sp³-hybridized carbons (Fsp3) is 0.312. The average Bonchev–Trinajstić information content (AvgIpc) is 2.37. The average molecular weight is 319 g/mol. The van der Waals surface area contributed by atoms with Crippen LogP contribution in [0.3, 0.4) is 0 Å². The molecule has 0 radical (unpaired) electrons. The second-order valence-electron chi connectivity index (χ2n) is 5.69. The normalized spacial score (nSPS) is 14.8. The van der Waals surface area contributed by atoms with Crippen molar-refractivity contribution in [1.82, 2.24) is 4.90 Å². The van der Waals surface area contributed by atoms with Gasteiger partial charge in [0.15, 0.2) is 5.71 Å². The van der Waals surface area contributed by atoms with E-state index in [0.717, 1.165) is 22.5 Å². The number of allylic oxidation sites excluding steroid dienone is 2. The number of aryl methyl sites for hydroxylation is 1. The monoisotopic (exact) mass is 319 g/mol. The maximum Gasteiger partial charge on any atom is 0.195 e. The van der Waals surface area contributed by atoms with Crippen molar-refractivity contribution in [1.29, 1.82) is 0 Å². The quantitative estimate of drug-likeness (QED) is 0.799. The largest absolute Gasteiger partial charge is 0.566 e. The van der Waals surface area contributed by atoms with Gasteiger partial charge in [0, 0.05) is 19.8 Å². The lowest BCUT2D eigenvalue weighted by Crippen LogP contribution is -2.35. The Labute approximate surface area is 132 Å². The second kappa shape index (κ2) is 5.61. The van der Waals surface area contributed by atoms with Gasteiger partial charge in [-0.15, -0.1) is 0 Å². The third kappa shape index (κ3) is 2.78. The molecule has 0 aliphatic heterocycles. The number of sulfonamides is 1. The van der Waals surface area contributed by atoms with E-state index in [1.165, 1.54) is 0 Å². The van der Waals surface area contributed by atoms with Crippen LogP contribution in [0.25, 0.3) is 4.72 Å². The molecule has 0 atom stereocenters. The summed E-state index contributed by atoms with van der Waals surface area (Å²) in [6, 6.07) is 6.68. The molecular weight excluding hydrogens is 298 g/mol. The van der Waals surface area contributed by atoms with Crippen LogP contribution in [0, 0.1) is 6.92 Å². The minimum Gasteiger partial charge on any atom is -0.566 e. The summed E-state index contributed by atoms with van der Waals surface area (Å²) >= 11 is 0. The van der Waals surface area contributed by atoms with Crippen LogP contribution in [0.5, 0.6) is 0 Å². The number of rotatable bonds is 4. The van der Waals surface area contributed by atoms with Crippen molar-refractivity contribution >= 4 is 15.7 Å². The molecule has 5 nitrogen and oxygen atoms in total. The number of nitrogens with zero attached hydrogens (tertiary/aromatic N) is 3. The fourth-order valence-electron chi connectivity index (χ4n) is 2.38. The smallest absolute Gasteiger partial charge is 0.195 e. The van der Waals surface area contributed by atoms with E-state index < -0.39 is 10.0 Å². The minimum absolute atomic E-state index is 0.194. The molecular formula is C16H21N3O2S. The van der Waals surface area contributed by atoms with Crippen LogP contribution in [0.4, 0.5) is 0 Å². The van der Waals surface area contributed by atoms with Crippen molar-refractivity contribution in [3.05, 3.63) is 58.1 Å². The third-order valence-electron chi connectivity index (χ3n) is 3.45. The van der Waals surface area contributed by atoms with Crippen molar-refractivity contribution in [2.24, 2.45) is 0 Å². The van der Waals surface area contributed by atoms with Crippen LogP contribution >= 0.6 is 0 Å². The highest BCUT2D eigenvalue weighted by Gasteiger charge is 2.32. The van der Waals surface area contributed by atoms with Gasteiger partial charge in [-0.3, -0.25) is 0 Å². The molecule has 1 aliphatic rings. The number of benzene rings is 1. The van der Waals surface area contributed by atoms with Crippen LogP contribution < -0.4 is 0 Å². The molecule has 0 amide bonds. The van der Waals surface area contributed by atoms with Gasteiger partial charge in [-0.25, -0.2) is 13.0 Å². The van der Waals surface area contributed by atoms with E-state index in [1.807, 2.05) is 44.6 Å². The molecule has 2 rings (SSSR count). The molecule has 1 aromatic carbocycles. The Hall–Kier alpha value is -2.08. The van der Waals surface area contributed by atoms with E-state index in [4.69, 9.17) is 0 Å². The van der Waals surface area contributed by atoms with Crippen LogP contribution in [-0.4, -0.2) is 51.8 Å². The van der Waals surface area contributed by atoms with E-state index in [-0.39, 0.29) is 4.90 Å². The first kappa shape index (κ1) is 16.3. The maximum atomic E-state index is 12.5. The summed E-state index contributed by atoms with van der Waals surface area (Å²) in [4.78, 5) is 2.03. The topological polar surface area (TPSA) is 54.5 Å². The van der Waals surface area contributed by atoms with E-state index in [9.17, 15) is 8.42 Å². The van der Waals surface area contributed by atoms with Gasteiger partial charge in [-0.05, 0) is 24.8 Å². The van der Waals surface area contributed by atoms with Gasteiger partial charge >= 0.3 is 0 Å². The van der Waals surface area contributed by atoms with Crippen LogP contribution in [-0.2, 0) is 10.0 Å². The van der Waals surface area contributed by atoms with Crippen molar-refractivity contribution in [3.63, 3.8) is 0 Å². The Morgan fingerprint density at radius 2 is 1.68 bits per heavy atom. The first-order valence-corrected chi connectivity index (χ1v) is 8.29. The van der Waals surface area contributed by atoms with Gasteiger partial charge in [-0.2, -0.15) is 0 Å². The van der Waals surface area contributed by atoms with Crippen molar-refractivity contribution < 1.29 is 13.0 Å². The number of hydrogen-bond acceptors (Lipinski definition) is 3. The highest BCUT2D eigenvalue weighted by atomic mass is 32.2. The zero-order chi connectivity index (χ0) is 16.7. The van der Waals surface area contributed by atoms with Gasteiger partial charge in [0.25, 0.3) is 0 Å². The van der Waals surface area contributed by atoms with Gasteiger partial charge in [0.05, 0.1) is 10.5 Å². The summed E-state index contributed by atoms with van der Waals surface area (Å²) < 4.78 is 30.9. The molecule has 22 heavy (non-hydrogen) atoms. The molecule has 0 saturated heterocycles. The van der Waals surface area contributed by atoms with Gasteiger partial charge in [-0.1, -0.05) is 24.3 Å². The highest BCUT2D eigenvalue weighted by molar-refractivity contribution is 7.94. The molecule has 0 N–H and O–H groups in total. The van der Waals surface area contributed by atoms with Crippen molar-refractivity contribution in [2.75, 3.05) is 28.2 Å². The Bertz CT molecular complexity index is 781. The van der Waals surface area contributed by atoms with Crippen LogP contribution in [0.1, 0.15) is 5.56 Å². The SMILES string of the molecule is C=C1C(N(C)C)=C([N-]S(=O)(=O)c2ccc(C)cc2)C1=[N+](C)C. The zero-order valence-corrected chi connectivity index (χ0v) is 14.4. The van der Waals surface area contributed by atoms with Gasteiger partial charge < -0.3 is 9.62 Å². The molecule has 6 heteroatoms. The summed E-state index contributed by atoms with van der Waals surface area (Å²) in [7, 11) is 3.65. The van der Waals surface area contributed by atoms with Gasteiger partial charge in [0.1, 0.15) is 24.1 Å². The minimum atomic E-state index is -3.74. The van der Waals surface area contributed by atoms with E-state index >= 15 is 0 Å². The Morgan fingerprint density at radius 3 is 2.14 bits per heavy atom. The second-order valence-corrected chi connectivity index (χ2v) is 7.30. The molecule has 0 aromatic heterocycles. The molecule has 1 aliphatic carbocycles. The molecule has 1 aromatic rings. The first-order chi connectivity index (χ1) is 10.1. The first-order valence-electron chi connectivity index (χ1n) is 6.85. The van der Waals surface area contributed by atoms with E-state index in [2.05, 4.69) is 11.3 Å². The molecule has 0 saturated carbocycles. The molecule has 118 valence electrons. The number of likely N-dealkylation sites (N-methyl/N-ethyl adjacent to an activating group) is 1. The van der Waals surface area contributed by atoms with Crippen LogP contribution in [0.15, 0.2) is 52.7 Å². The third-order valence-corrected chi connectivity index (χ3v) is 4.74. The Kier molecular flexibility index (Phi) is 4.15. The number of hydrogen-bond donors (Lipinski definition) is 0. The fourth-order valence-corrected chi connectivity index (χ4v) is 3.38. The molecule has 0 unspecified atom stereocenters. The molecule has 0 spiro atoms. The van der Waals surface area contributed by atoms with Crippen LogP contribution in [0.2, 0.25) is 0 Å². The van der Waals surface area contributed by atoms with Crippen molar-refractivity contribution in [2.45, 2.75) is 11.8 Å². The summed E-state index contributed by atoms with van der Waals surface area (Å²) in [6.45, 7) is 5.91. The zero-order valence-electron chi connectivity index (χ0n) is 13.6. The molecule has 0 bridgehead atoms. The lowest BCUT2D eigenvalue weighted by molar-refractivity contribution is -0.464. The Balaban J connectivity index is 2.45. The van der Waals surface area contributed by atoms with Gasteiger partial charge in [0.2, 0.25) is 0 Å². The molecule has 0 heterocycles. The lowest BCUT2D eigenvalue weighted by atomic mass is 9.91. The van der Waals surface area contributed by atoms with E-state index in [1.54, 1.807) is 24.3 Å². The summed E-state index contributed by atoms with van der Waals surface area (Å²) in [5.74, 6) is 0. The molecule has 0 fully saturated rings. The predicted molar refractivity (Wildman–Crippen MR) is 88.7 cm³/mol. The summed E-state index contributed by atoms with van der Waals surface area (Å²) in [5, 5.41) is 0. The predicted octanol–water partition coefficient (Wildman–Crippen LogP) is 2.11. The van der Waals surface area contributed by atoms with E-state index in [0.29, 0.717) is 5.70 Å². The lowest BCUT2D eigenvalue weighted by Gasteiger charge is -2.38.